The van der Waals surface area contributed by atoms with Gasteiger partial charge in [0, 0.05) is 19.1 Å². The Labute approximate surface area is 96.8 Å². The van der Waals surface area contributed by atoms with Gasteiger partial charge in [-0.05, 0) is 31.5 Å². The van der Waals surface area contributed by atoms with Crippen molar-refractivity contribution in [2.75, 3.05) is 30.7 Å². The summed E-state index contributed by atoms with van der Waals surface area (Å²) >= 11 is 0. The van der Waals surface area contributed by atoms with Crippen LogP contribution in [0.25, 0.3) is 0 Å². The van der Waals surface area contributed by atoms with Crippen LogP contribution in [0, 0.1) is 0 Å². The third kappa shape index (κ3) is 3.10. The normalized spacial score (nSPS) is 15.4. The molecular formula is C12H20N4. The Hall–Kier alpha value is -1.29. The van der Waals surface area contributed by atoms with Crippen LogP contribution in [0.4, 0.5) is 11.5 Å². The number of nitrogen functional groups attached to an aromatic ring is 1. The molecule has 0 unspecified atom stereocenters. The van der Waals surface area contributed by atoms with Gasteiger partial charge in [0.25, 0.3) is 0 Å². The summed E-state index contributed by atoms with van der Waals surface area (Å²) in [6.45, 7) is 5.40. The zero-order chi connectivity index (χ0) is 11.4. The summed E-state index contributed by atoms with van der Waals surface area (Å²) in [5.74, 6) is 0.904. The summed E-state index contributed by atoms with van der Waals surface area (Å²) in [6.07, 6.45) is 4.42. The second kappa shape index (κ2) is 5.16. The average Bonchev–Trinajstić information content (AvgIpc) is 3.11. The first-order chi connectivity index (χ1) is 7.79. The first-order valence-corrected chi connectivity index (χ1v) is 5.99. The van der Waals surface area contributed by atoms with Crippen molar-refractivity contribution in [2.45, 2.75) is 25.8 Å². The van der Waals surface area contributed by atoms with Gasteiger partial charge in [0.1, 0.15) is 5.82 Å². The fraction of sp³-hybridized carbons (Fsp3) is 0.583. The molecule has 3 N–H and O–H groups in total. The lowest BCUT2D eigenvalue weighted by atomic mass is 10.4. The Morgan fingerprint density at radius 1 is 1.50 bits per heavy atom. The van der Waals surface area contributed by atoms with Gasteiger partial charge in [-0.15, -0.1) is 0 Å². The highest BCUT2D eigenvalue weighted by Gasteiger charge is 2.26. The zero-order valence-electron chi connectivity index (χ0n) is 9.82. The van der Waals surface area contributed by atoms with Gasteiger partial charge in [-0.2, -0.15) is 0 Å². The van der Waals surface area contributed by atoms with Gasteiger partial charge < -0.3 is 11.1 Å². The van der Waals surface area contributed by atoms with E-state index in [1.165, 1.54) is 12.8 Å². The monoisotopic (exact) mass is 220 g/mol. The predicted molar refractivity (Wildman–Crippen MR) is 67.4 cm³/mol. The molecule has 0 bridgehead atoms. The number of nitrogens with one attached hydrogen (secondary N) is 1. The zero-order valence-corrected chi connectivity index (χ0v) is 9.82. The Bertz CT molecular complexity index is 318. The molecule has 1 aromatic heterocycles. The number of aromatic nitrogens is 1. The van der Waals surface area contributed by atoms with Crippen molar-refractivity contribution in [3.8, 4) is 0 Å². The van der Waals surface area contributed by atoms with Crippen LogP contribution in [-0.4, -0.2) is 35.6 Å². The number of nitrogens with zero attached hydrogens (tertiary/aromatic N) is 2. The van der Waals surface area contributed by atoms with Crippen molar-refractivity contribution in [3.63, 3.8) is 0 Å². The van der Waals surface area contributed by atoms with E-state index < -0.39 is 0 Å². The van der Waals surface area contributed by atoms with Crippen molar-refractivity contribution < 1.29 is 0 Å². The van der Waals surface area contributed by atoms with Gasteiger partial charge in [0.2, 0.25) is 0 Å². The Balaban J connectivity index is 1.72. The topological polar surface area (TPSA) is 54.2 Å². The molecule has 0 aromatic carbocycles. The predicted octanol–water partition coefficient (Wildman–Crippen LogP) is 1.56. The Kier molecular flexibility index (Phi) is 3.62. The van der Waals surface area contributed by atoms with Crippen LogP contribution in [-0.2, 0) is 0 Å². The molecule has 4 heteroatoms. The summed E-state index contributed by atoms with van der Waals surface area (Å²) in [5.41, 5.74) is 6.28. The number of hydrogen-bond acceptors (Lipinski definition) is 4. The first-order valence-electron chi connectivity index (χ1n) is 5.99. The summed E-state index contributed by atoms with van der Waals surface area (Å²) in [6, 6.07) is 4.63. The molecule has 1 aromatic rings. The smallest absolute Gasteiger partial charge is 0.126 e. The average molecular weight is 220 g/mol. The van der Waals surface area contributed by atoms with E-state index in [1.54, 1.807) is 6.20 Å². The third-order valence-corrected chi connectivity index (χ3v) is 2.96. The minimum atomic E-state index is 0.707. The van der Waals surface area contributed by atoms with E-state index in [9.17, 15) is 0 Å². The third-order valence-electron chi connectivity index (χ3n) is 2.96. The van der Waals surface area contributed by atoms with Crippen molar-refractivity contribution in [3.05, 3.63) is 18.3 Å². The molecule has 4 nitrogen and oxygen atoms in total. The van der Waals surface area contributed by atoms with E-state index in [2.05, 4.69) is 22.1 Å². The van der Waals surface area contributed by atoms with Gasteiger partial charge in [-0.3, -0.25) is 4.90 Å². The minimum Gasteiger partial charge on any atom is -0.397 e. The molecule has 0 aliphatic heterocycles. The van der Waals surface area contributed by atoms with Crippen LogP contribution >= 0.6 is 0 Å². The summed E-state index contributed by atoms with van der Waals surface area (Å²) < 4.78 is 0. The van der Waals surface area contributed by atoms with Crippen molar-refractivity contribution in [2.24, 2.45) is 0 Å². The van der Waals surface area contributed by atoms with E-state index in [0.29, 0.717) is 5.69 Å². The molecular weight excluding hydrogens is 200 g/mol. The van der Waals surface area contributed by atoms with Crippen LogP contribution in [0.3, 0.4) is 0 Å². The van der Waals surface area contributed by atoms with Crippen LogP contribution < -0.4 is 11.1 Å². The molecule has 1 heterocycles. The van der Waals surface area contributed by atoms with Gasteiger partial charge in [-0.25, -0.2) is 4.98 Å². The van der Waals surface area contributed by atoms with E-state index in [0.717, 1.165) is 31.5 Å². The number of anilines is 2. The number of hydrogen-bond donors (Lipinski definition) is 2. The van der Waals surface area contributed by atoms with Crippen LogP contribution in [0.15, 0.2) is 18.3 Å². The number of likely N-dealkylation sites (N-methyl/N-ethyl adjacent to an activating group) is 1. The highest BCUT2D eigenvalue weighted by molar-refractivity contribution is 5.43. The molecule has 0 amide bonds. The molecule has 16 heavy (non-hydrogen) atoms. The van der Waals surface area contributed by atoms with Crippen LogP contribution in [0.2, 0.25) is 0 Å². The molecule has 0 spiro atoms. The summed E-state index contributed by atoms with van der Waals surface area (Å²) in [7, 11) is 0. The maximum absolute atomic E-state index is 5.57. The molecule has 88 valence electrons. The van der Waals surface area contributed by atoms with Crippen molar-refractivity contribution in [1.82, 2.24) is 9.88 Å². The van der Waals surface area contributed by atoms with Gasteiger partial charge >= 0.3 is 0 Å². The number of pyridine rings is 1. The summed E-state index contributed by atoms with van der Waals surface area (Å²) in [5, 5.41) is 3.31. The lowest BCUT2D eigenvalue weighted by Gasteiger charge is -2.19. The van der Waals surface area contributed by atoms with Crippen molar-refractivity contribution in [1.29, 1.82) is 0 Å². The maximum atomic E-state index is 5.57. The van der Waals surface area contributed by atoms with Gasteiger partial charge in [0.15, 0.2) is 0 Å². The lowest BCUT2D eigenvalue weighted by molar-refractivity contribution is 0.289. The molecule has 1 aliphatic rings. The van der Waals surface area contributed by atoms with E-state index >= 15 is 0 Å². The molecule has 0 radical (unpaired) electrons. The SMILES string of the molecule is CCN(CCNc1ccc(N)cn1)C1CC1. The molecule has 1 aliphatic carbocycles. The highest BCUT2D eigenvalue weighted by Crippen LogP contribution is 2.25. The molecule has 0 saturated heterocycles. The van der Waals surface area contributed by atoms with Gasteiger partial charge in [0.05, 0.1) is 11.9 Å². The Morgan fingerprint density at radius 3 is 2.88 bits per heavy atom. The quantitative estimate of drug-likeness (QED) is 0.764. The standard InChI is InChI=1S/C12H20N4/c1-2-16(11-4-5-11)8-7-14-12-6-3-10(13)9-15-12/h3,6,9,11H,2,4-5,7-8,13H2,1H3,(H,14,15). The lowest BCUT2D eigenvalue weighted by Crippen LogP contribution is -2.31. The van der Waals surface area contributed by atoms with Crippen LogP contribution in [0.5, 0.6) is 0 Å². The fourth-order valence-electron chi connectivity index (χ4n) is 1.88. The second-order valence-electron chi connectivity index (χ2n) is 4.26. The highest BCUT2D eigenvalue weighted by atomic mass is 15.2. The second-order valence-corrected chi connectivity index (χ2v) is 4.26. The first kappa shape index (κ1) is 11.2. The largest absolute Gasteiger partial charge is 0.397 e. The van der Waals surface area contributed by atoms with E-state index in [-0.39, 0.29) is 0 Å². The maximum Gasteiger partial charge on any atom is 0.126 e. The molecule has 0 atom stereocenters. The van der Waals surface area contributed by atoms with Crippen LogP contribution in [0.1, 0.15) is 19.8 Å². The summed E-state index contributed by atoms with van der Waals surface area (Å²) in [4.78, 5) is 6.72. The molecule has 2 rings (SSSR count). The number of rotatable bonds is 6. The molecule has 1 fully saturated rings. The molecule has 1 saturated carbocycles. The van der Waals surface area contributed by atoms with E-state index in [4.69, 9.17) is 5.73 Å². The van der Waals surface area contributed by atoms with Gasteiger partial charge in [-0.1, -0.05) is 6.92 Å². The number of nitrogens with two attached hydrogens (primary N) is 1. The van der Waals surface area contributed by atoms with E-state index in [1.807, 2.05) is 12.1 Å². The Morgan fingerprint density at radius 2 is 2.31 bits per heavy atom. The van der Waals surface area contributed by atoms with Crippen molar-refractivity contribution >= 4 is 11.5 Å². The fourth-order valence-corrected chi connectivity index (χ4v) is 1.88. The minimum absolute atomic E-state index is 0.707.